The van der Waals surface area contributed by atoms with E-state index >= 15 is 0 Å². The van der Waals surface area contributed by atoms with Crippen LogP contribution in [-0.2, 0) is 11.8 Å². The summed E-state index contributed by atoms with van der Waals surface area (Å²) >= 11 is 0. The van der Waals surface area contributed by atoms with Gasteiger partial charge in [0.1, 0.15) is 11.3 Å². The molecule has 0 saturated carbocycles. The highest BCUT2D eigenvalue weighted by Gasteiger charge is 2.23. The maximum absolute atomic E-state index is 13.0. The van der Waals surface area contributed by atoms with E-state index in [1.165, 1.54) is 10.9 Å². The Morgan fingerprint density at radius 1 is 1.45 bits per heavy atom. The molecule has 0 N–H and O–H groups in total. The number of aromatic nitrogens is 4. The Hall–Kier alpha value is -2.38. The van der Waals surface area contributed by atoms with Gasteiger partial charge >= 0.3 is 5.97 Å². The number of carbonyl (C=O) groups is 1. The van der Waals surface area contributed by atoms with E-state index in [1.54, 1.807) is 20.2 Å². The molecule has 2 aromatic heterocycles. The van der Waals surface area contributed by atoms with E-state index in [-0.39, 0.29) is 18.0 Å². The molecule has 0 aromatic carbocycles. The molecular weight excluding hydrogens is 270 g/mol. The van der Waals surface area contributed by atoms with Crippen molar-refractivity contribution < 1.29 is 18.3 Å². The van der Waals surface area contributed by atoms with E-state index in [0.29, 0.717) is 5.56 Å². The third kappa shape index (κ3) is 2.79. The summed E-state index contributed by atoms with van der Waals surface area (Å²) in [5.41, 5.74) is -0.475. The van der Waals surface area contributed by atoms with E-state index < -0.39 is 18.1 Å². The van der Waals surface area contributed by atoms with Crippen LogP contribution in [0.1, 0.15) is 29.4 Å². The van der Waals surface area contributed by atoms with Crippen molar-refractivity contribution in [3.05, 3.63) is 29.8 Å². The molecule has 0 aliphatic heterocycles. The molecule has 0 amide bonds. The quantitative estimate of drug-likeness (QED) is 0.802. The number of ether oxygens (including phenoxy) is 1. The highest BCUT2D eigenvalue weighted by Crippen LogP contribution is 2.24. The zero-order chi connectivity index (χ0) is 14.7. The number of esters is 1. The van der Waals surface area contributed by atoms with Gasteiger partial charge in [-0.25, -0.2) is 23.5 Å². The number of rotatable bonds is 4. The van der Waals surface area contributed by atoms with Crippen LogP contribution in [0.4, 0.5) is 8.78 Å². The Balaban J connectivity index is 2.45. The Morgan fingerprint density at radius 3 is 2.75 bits per heavy atom. The molecule has 0 fully saturated rings. The van der Waals surface area contributed by atoms with Gasteiger partial charge in [-0.2, -0.15) is 5.10 Å². The molecule has 0 bridgehead atoms. The fraction of sp³-hybridized carbons (Fsp3) is 0.333. The number of nitrogens with zero attached hydrogens (tertiary/aromatic N) is 4. The molecular formula is C12H12F2N4O2. The summed E-state index contributed by atoms with van der Waals surface area (Å²) in [4.78, 5) is 19.2. The average molecular weight is 282 g/mol. The van der Waals surface area contributed by atoms with Crippen LogP contribution in [0.3, 0.4) is 0 Å². The number of hydrogen-bond acceptors (Lipinski definition) is 5. The van der Waals surface area contributed by atoms with Gasteiger partial charge in [-0.05, 0) is 6.92 Å². The summed E-state index contributed by atoms with van der Waals surface area (Å²) < 4.78 is 32.2. The SMILES string of the molecule is CCOC(=O)c1cnc(-c2cnn(C)c2)nc1C(F)F. The summed E-state index contributed by atoms with van der Waals surface area (Å²) in [5.74, 6) is -0.776. The van der Waals surface area contributed by atoms with Gasteiger partial charge in [0.15, 0.2) is 5.82 Å². The van der Waals surface area contributed by atoms with Crippen molar-refractivity contribution >= 4 is 5.97 Å². The molecule has 6 nitrogen and oxygen atoms in total. The minimum Gasteiger partial charge on any atom is -0.462 e. The van der Waals surface area contributed by atoms with E-state index in [9.17, 15) is 13.6 Å². The highest BCUT2D eigenvalue weighted by atomic mass is 19.3. The van der Waals surface area contributed by atoms with Gasteiger partial charge in [0.2, 0.25) is 0 Å². The van der Waals surface area contributed by atoms with Gasteiger partial charge in [-0.15, -0.1) is 0 Å². The van der Waals surface area contributed by atoms with Crippen molar-refractivity contribution in [2.45, 2.75) is 13.3 Å². The molecule has 2 rings (SSSR count). The summed E-state index contributed by atoms with van der Waals surface area (Å²) in [6, 6.07) is 0. The first-order valence-corrected chi connectivity index (χ1v) is 5.84. The molecule has 0 unspecified atom stereocenters. The molecule has 0 aliphatic carbocycles. The molecule has 20 heavy (non-hydrogen) atoms. The standard InChI is InChI=1S/C12H12F2N4O2/c1-3-20-12(19)8-5-15-11(17-9(8)10(13)14)7-4-16-18(2)6-7/h4-6,10H,3H2,1-2H3. The lowest BCUT2D eigenvalue weighted by Crippen LogP contribution is -2.11. The third-order valence-electron chi connectivity index (χ3n) is 2.48. The van der Waals surface area contributed by atoms with Crippen LogP contribution in [0.25, 0.3) is 11.4 Å². The van der Waals surface area contributed by atoms with E-state index in [0.717, 1.165) is 6.20 Å². The zero-order valence-corrected chi connectivity index (χ0v) is 10.9. The maximum atomic E-state index is 13.0. The van der Waals surface area contributed by atoms with Crippen LogP contribution in [0.2, 0.25) is 0 Å². The van der Waals surface area contributed by atoms with Crippen LogP contribution in [0.5, 0.6) is 0 Å². The molecule has 0 saturated heterocycles. The van der Waals surface area contributed by atoms with Gasteiger partial charge in [-0.1, -0.05) is 0 Å². The van der Waals surface area contributed by atoms with Gasteiger partial charge in [0.25, 0.3) is 6.43 Å². The number of carbonyl (C=O) groups excluding carboxylic acids is 1. The van der Waals surface area contributed by atoms with Crippen molar-refractivity contribution in [1.82, 2.24) is 19.7 Å². The minimum atomic E-state index is -2.90. The number of alkyl halides is 2. The Morgan fingerprint density at radius 2 is 2.20 bits per heavy atom. The molecule has 0 aliphatic rings. The van der Waals surface area contributed by atoms with Crippen LogP contribution in [0.15, 0.2) is 18.6 Å². The van der Waals surface area contributed by atoms with Crippen LogP contribution in [-0.4, -0.2) is 32.3 Å². The lowest BCUT2D eigenvalue weighted by atomic mass is 10.2. The molecule has 106 valence electrons. The summed E-state index contributed by atoms with van der Waals surface area (Å²) in [5, 5.41) is 3.91. The van der Waals surface area contributed by atoms with Crippen LogP contribution < -0.4 is 0 Å². The van der Waals surface area contributed by atoms with Crippen LogP contribution >= 0.6 is 0 Å². The van der Waals surface area contributed by atoms with Crippen molar-refractivity contribution in [3.8, 4) is 11.4 Å². The smallest absolute Gasteiger partial charge is 0.341 e. The monoisotopic (exact) mass is 282 g/mol. The van der Waals surface area contributed by atoms with Gasteiger partial charge in [-0.3, -0.25) is 4.68 Å². The molecule has 0 atom stereocenters. The number of halogens is 2. The second kappa shape index (κ2) is 5.72. The Bertz CT molecular complexity index is 628. The normalized spacial score (nSPS) is 10.8. The third-order valence-corrected chi connectivity index (χ3v) is 2.48. The Labute approximate surface area is 113 Å². The fourth-order valence-corrected chi connectivity index (χ4v) is 1.60. The maximum Gasteiger partial charge on any atom is 0.341 e. The summed E-state index contributed by atoms with van der Waals surface area (Å²) in [6.07, 6.45) is 1.20. The second-order valence-electron chi connectivity index (χ2n) is 3.92. The first-order valence-electron chi connectivity index (χ1n) is 5.84. The lowest BCUT2D eigenvalue weighted by Gasteiger charge is -2.08. The van der Waals surface area contributed by atoms with Crippen LogP contribution in [0, 0.1) is 0 Å². The lowest BCUT2D eigenvalue weighted by molar-refractivity contribution is 0.0513. The Kier molecular flexibility index (Phi) is 4.02. The summed E-state index contributed by atoms with van der Waals surface area (Å²) in [7, 11) is 1.69. The van der Waals surface area contributed by atoms with Crippen molar-refractivity contribution in [1.29, 1.82) is 0 Å². The van der Waals surface area contributed by atoms with Crippen molar-refractivity contribution in [2.24, 2.45) is 7.05 Å². The first-order chi connectivity index (χ1) is 9.52. The number of aryl methyl sites for hydroxylation is 1. The molecule has 2 heterocycles. The number of hydrogen-bond donors (Lipinski definition) is 0. The van der Waals surface area contributed by atoms with Crippen molar-refractivity contribution in [2.75, 3.05) is 6.61 Å². The predicted molar refractivity (Wildman–Crippen MR) is 65.1 cm³/mol. The molecule has 0 radical (unpaired) electrons. The average Bonchev–Trinajstić information content (AvgIpc) is 2.85. The van der Waals surface area contributed by atoms with E-state index in [2.05, 4.69) is 15.1 Å². The second-order valence-corrected chi connectivity index (χ2v) is 3.92. The first kappa shape index (κ1) is 14.0. The van der Waals surface area contributed by atoms with Gasteiger partial charge < -0.3 is 4.74 Å². The zero-order valence-electron chi connectivity index (χ0n) is 10.9. The van der Waals surface area contributed by atoms with E-state index in [4.69, 9.17) is 4.74 Å². The van der Waals surface area contributed by atoms with Gasteiger partial charge in [0, 0.05) is 19.4 Å². The minimum absolute atomic E-state index is 0.0847. The van der Waals surface area contributed by atoms with Crippen molar-refractivity contribution in [3.63, 3.8) is 0 Å². The topological polar surface area (TPSA) is 69.9 Å². The fourth-order valence-electron chi connectivity index (χ4n) is 1.60. The molecule has 2 aromatic rings. The molecule has 0 spiro atoms. The predicted octanol–water partition coefficient (Wildman–Crippen LogP) is 1.99. The van der Waals surface area contributed by atoms with Gasteiger partial charge in [0.05, 0.1) is 18.4 Å². The summed E-state index contributed by atoms with van der Waals surface area (Å²) in [6.45, 7) is 1.68. The highest BCUT2D eigenvalue weighted by molar-refractivity contribution is 5.90. The van der Waals surface area contributed by atoms with E-state index in [1.807, 2.05) is 0 Å². The molecule has 8 heteroatoms. The largest absolute Gasteiger partial charge is 0.462 e.